The molecule has 2 unspecified atom stereocenters. The fourth-order valence-electron chi connectivity index (χ4n) is 2.65. The van der Waals surface area contributed by atoms with Gasteiger partial charge < -0.3 is 14.8 Å². The topological polar surface area (TPSA) is 56.3 Å². The van der Waals surface area contributed by atoms with Gasteiger partial charge in [-0.3, -0.25) is 0 Å². The van der Waals surface area contributed by atoms with Crippen molar-refractivity contribution in [3.63, 3.8) is 0 Å². The lowest BCUT2D eigenvalue weighted by Crippen LogP contribution is -2.38. The minimum atomic E-state index is 0.132. The third-order valence-electron chi connectivity index (χ3n) is 3.69. The lowest BCUT2D eigenvalue weighted by atomic mass is 9.93. The zero-order valence-electron chi connectivity index (χ0n) is 12.6. The summed E-state index contributed by atoms with van der Waals surface area (Å²) < 4.78 is 10.7. The minimum absolute atomic E-state index is 0.132. The highest BCUT2D eigenvalue weighted by atomic mass is 32.2. The molecule has 5 nitrogen and oxygen atoms in total. The molecule has 0 bridgehead atoms. The van der Waals surface area contributed by atoms with Crippen LogP contribution < -0.4 is 14.8 Å². The first-order valence-corrected chi connectivity index (χ1v) is 7.95. The Morgan fingerprint density at radius 2 is 2.25 bits per heavy atom. The predicted octanol–water partition coefficient (Wildman–Crippen LogP) is 2.43. The van der Waals surface area contributed by atoms with Crippen LogP contribution in [0.2, 0.25) is 0 Å². The van der Waals surface area contributed by atoms with Gasteiger partial charge in [-0.1, -0.05) is 6.92 Å². The molecule has 112 valence electrons. The monoisotopic (exact) mass is 297 g/mol. The van der Waals surface area contributed by atoms with E-state index in [4.69, 9.17) is 9.47 Å². The van der Waals surface area contributed by atoms with Gasteiger partial charge in [-0.15, -0.1) is 0 Å². The van der Waals surface area contributed by atoms with Crippen LogP contribution in [-0.4, -0.2) is 41.2 Å². The molecular formula is C14H23N3O2S. The molecule has 1 fully saturated rings. The molecule has 1 aliphatic rings. The summed E-state index contributed by atoms with van der Waals surface area (Å²) in [4.78, 5) is 8.90. The lowest BCUT2D eigenvalue weighted by molar-refractivity contribution is 0.337. The Labute approximate surface area is 124 Å². The van der Waals surface area contributed by atoms with Gasteiger partial charge in [0.1, 0.15) is 5.69 Å². The van der Waals surface area contributed by atoms with E-state index in [0.29, 0.717) is 11.8 Å². The summed E-state index contributed by atoms with van der Waals surface area (Å²) in [6.07, 6.45) is 4.08. The fraction of sp³-hybridized carbons (Fsp3) is 0.714. The van der Waals surface area contributed by atoms with E-state index in [-0.39, 0.29) is 10.8 Å². The van der Waals surface area contributed by atoms with Crippen LogP contribution in [0.4, 0.5) is 0 Å². The number of hydrogen-bond acceptors (Lipinski definition) is 6. The van der Waals surface area contributed by atoms with Crippen molar-refractivity contribution in [1.29, 1.82) is 0 Å². The van der Waals surface area contributed by atoms with E-state index in [0.717, 1.165) is 12.2 Å². The number of thioether (sulfide) groups is 1. The normalized spacial score (nSPS) is 23.6. The van der Waals surface area contributed by atoms with Crippen molar-refractivity contribution in [2.45, 2.75) is 37.5 Å². The van der Waals surface area contributed by atoms with E-state index < -0.39 is 0 Å². The van der Waals surface area contributed by atoms with E-state index in [2.05, 4.69) is 29.1 Å². The van der Waals surface area contributed by atoms with Gasteiger partial charge in [0, 0.05) is 4.75 Å². The molecule has 0 spiro atoms. The number of nitrogens with zero attached hydrogens (tertiary/aromatic N) is 2. The number of rotatable bonds is 6. The van der Waals surface area contributed by atoms with Crippen molar-refractivity contribution in [3.05, 3.63) is 11.9 Å². The van der Waals surface area contributed by atoms with Crippen molar-refractivity contribution in [3.8, 4) is 11.8 Å². The van der Waals surface area contributed by atoms with E-state index in [1.54, 1.807) is 20.4 Å². The molecule has 1 aromatic heterocycles. The van der Waals surface area contributed by atoms with Gasteiger partial charge in [0.2, 0.25) is 11.8 Å². The highest BCUT2D eigenvalue weighted by molar-refractivity contribution is 8.00. The maximum Gasteiger partial charge on any atom is 0.240 e. The Balaban J connectivity index is 2.38. The first-order chi connectivity index (χ1) is 9.64. The molecule has 0 aromatic carbocycles. The number of nitrogens with one attached hydrogen (secondary N) is 1. The molecule has 0 amide bonds. The standard InChI is InChI=1S/C14H23N3O2S/c1-5-15-12(14(2)7-6-8-20-14)11-13(19-4)17-10(18-3)9-16-11/h9,12,15H,5-8H2,1-4H3. The van der Waals surface area contributed by atoms with Crippen LogP contribution in [-0.2, 0) is 0 Å². The van der Waals surface area contributed by atoms with E-state index in [1.165, 1.54) is 18.6 Å². The first kappa shape index (κ1) is 15.4. The third kappa shape index (κ3) is 3.01. The van der Waals surface area contributed by atoms with Gasteiger partial charge in [-0.25, -0.2) is 4.98 Å². The molecular weight excluding hydrogens is 274 g/mol. The first-order valence-electron chi connectivity index (χ1n) is 6.97. The minimum Gasteiger partial charge on any atom is -0.480 e. The highest BCUT2D eigenvalue weighted by Gasteiger charge is 2.40. The van der Waals surface area contributed by atoms with Crippen LogP contribution in [0, 0.1) is 0 Å². The smallest absolute Gasteiger partial charge is 0.240 e. The molecule has 2 rings (SSSR count). The summed E-state index contributed by atoms with van der Waals surface area (Å²) in [5.74, 6) is 2.22. The Morgan fingerprint density at radius 1 is 1.45 bits per heavy atom. The Hall–Kier alpha value is -1.01. The molecule has 1 saturated heterocycles. The molecule has 2 heterocycles. The lowest BCUT2D eigenvalue weighted by Gasteiger charge is -2.33. The Morgan fingerprint density at radius 3 is 2.80 bits per heavy atom. The van der Waals surface area contributed by atoms with Crippen molar-refractivity contribution in [1.82, 2.24) is 15.3 Å². The van der Waals surface area contributed by atoms with Crippen molar-refractivity contribution in [2.24, 2.45) is 0 Å². The Kier molecular flexibility index (Phi) is 5.10. The summed E-state index contributed by atoms with van der Waals surface area (Å²) >= 11 is 2.00. The summed E-state index contributed by atoms with van der Waals surface area (Å²) in [7, 11) is 3.21. The summed E-state index contributed by atoms with van der Waals surface area (Å²) in [6.45, 7) is 5.29. The van der Waals surface area contributed by atoms with Crippen LogP contribution in [0.5, 0.6) is 11.8 Å². The van der Waals surface area contributed by atoms with Crippen molar-refractivity contribution in [2.75, 3.05) is 26.5 Å². The molecule has 1 N–H and O–H groups in total. The Bertz CT molecular complexity index is 450. The number of aromatic nitrogens is 2. The third-order valence-corrected chi connectivity index (χ3v) is 5.28. The van der Waals surface area contributed by atoms with Crippen molar-refractivity contribution >= 4 is 11.8 Å². The maximum absolute atomic E-state index is 5.42. The second-order valence-electron chi connectivity index (χ2n) is 5.06. The van der Waals surface area contributed by atoms with Crippen LogP contribution in [0.3, 0.4) is 0 Å². The molecule has 1 aromatic rings. The molecule has 20 heavy (non-hydrogen) atoms. The zero-order chi connectivity index (χ0) is 14.6. The molecule has 0 saturated carbocycles. The summed E-state index contributed by atoms with van der Waals surface area (Å²) in [5.41, 5.74) is 0.868. The number of hydrogen-bond donors (Lipinski definition) is 1. The second kappa shape index (κ2) is 6.63. The van der Waals surface area contributed by atoms with Crippen LogP contribution in [0.15, 0.2) is 6.20 Å². The van der Waals surface area contributed by atoms with Gasteiger partial charge in [-0.2, -0.15) is 16.7 Å². The molecule has 1 aliphatic heterocycles. The average Bonchev–Trinajstić information content (AvgIpc) is 2.92. The van der Waals surface area contributed by atoms with E-state index >= 15 is 0 Å². The molecule has 2 atom stereocenters. The van der Waals surface area contributed by atoms with Crippen LogP contribution in [0.1, 0.15) is 38.4 Å². The van der Waals surface area contributed by atoms with E-state index in [9.17, 15) is 0 Å². The predicted molar refractivity (Wildman–Crippen MR) is 81.7 cm³/mol. The summed E-state index contributed by atoms with van der Waals surface area (Å²) in [5, 5.41) is 3.55. The van der Waals surface area contributed by atoms with E-state index in [1.807, 2.05) is 11.8 Å². The highest BCUT2D eigenvalue weighted by Crippen LogP contribution is 2.47. The fourth-order valence-corrected chi connectivity index (χ4v) is 4.05. The molecule has 0 aliphatic carbocycles. The van der Waals surface area contributed by atoms with Crippen molar-refractivity contribution < 1.29 is 9.47 Å². The number of methoxy groups -OCH3 is 2. The zero-order valence-corrected chi connectivity index (χ0v) is 13.4. The van der Waals surface area contributed by atoms with Gasteiger partial charge in [0.05, 0.1) is 26.5 Å². The van der Waals surface area contributed by atoms with Gasteiger partial charge in [0.25, 0.3) is 0 Å². The summed E-state index contributed by atoms with van der Waals surface area (Å²) in [6, 6.07) is 0.133. The molecule has 6 heteroatoms. The average molecular weight is 297 g/mol. The van der Waals surface area contributed by atoms with Gasteiger partial charge >= 0.3 is 0 Å². The SMILES string of the molecule is CCNC(c1ncc(OC)nc1OC)C1(C)CCCS1. The van der Waals surface area contributed by atoms with Crippen LogP contribution >= 0.6 is 11.8 Å². The quantitative estimate of drug-likeness (QED) is 0.870. The molecule has 0 radical (unpaired) electrons. The van der Waals surface area contributed by atoms with Crippen LogP contribution in [0.25, 0.3) is 0 Å². The number of ether oxygens (including phenoxy) is 2. The second-order valence-corrected chi connectivity index (χ2v) is 6.69. The van der Waals surface area contributed by atoms with Gasteiger partial charge in [-0.05, 0) is 32.1 Å². The maximum atomic E-state index is 5.42. The van der Waals surface area contributed by atoms with Gasteiger partial charge in [0.15, 0.2) is 0 Å². The largest absolute Gasteiger partial charge is 0.480 e.